The van der Waals surface area contributed by atoms with Gasteiger partial charge in [-0.05, 0) is 6.07 Å². The molecule has 0 spiro atoms. The fourth-order valence-corrected chi connectivity index (χ4v) is 4.39. The molecule has 3 aliphatic rings. The summed E-state index contributed by atoms with van der Waals surface area (Å²) in [6.45, 7) is 6.15. The Morgan fingerprint density at radius 1 is 1.29 bits per heavy atom. The number of nitrogens with two attached hydrogens (primary N) is 1. The maximum atomic E-state index is 13.1. The number of aromatic nitrogens is 1. The second kappa shape index (κ2) is 10.2. The van der Waals surface area contributed by atoms with Gasteiger partial charge in [0.1, 0.15) is 5.92 Å². The molecule has 3 aliphatic heterocycles. The van der Waals surface area contributed by atoms with Gasteiger partial charge in [0.05, 0.1) is 48.4 Å². The molecular weight excluding hydrogens is 424 g/mol. The molecule has 2 unspecified atom stereocenters. The van der Waals surface area contributed by atoms with Crippen molar-refractivity contribution in [3.63, 3.8) is 0 Å². The van der Waals surface area contributed by atoms with E-state index < -0.39 is 24.2 Å². The van der Waals surface area contributed by atoms with E-state index in [2.05, 4.69) is 35.9 Å². The summed E-state index contributed by atoms with van der Waals surface area (Å²) >= 11 is 6.09. The number of carbonyl (C=O) groups is 1. The number of nitrogens with one attached hydrogen (secondary N) is 3. The van der Waals surface area contributed by atoms with Crippen molar-refractivity contribution in [2.45, 2.75) is 23.8 Å². The topological polar surface area (TPSA) is 137 Å². The number of rotatable bonds is 7. The normalized spacial score (nSPS) is 27.2. The molecule has 4 heterocycles. The van der Waals surface area contributed by atoms with Crippen LogP contribution in [0.5, 0.6) is 0 Å². The molecule has 3 fully saturated rings. The highest BCUT2D eigenvalue weighted by Gasteiger charge is 2.37. The fraction of sp³-hybridized carbons (Fsp3) is 0.684. The van der Waals surface area contributed by atoms with E-state index in [1.165, 1.54) is 0 Å². The molecule has 1 aromatic heterocycles. The molecule has 12 heteroatoms. The SMILES string of the molecule is NC(N=O)C(C(=O)Nc1cnccc1N1CCN(C2COC2)CC1)C1NCC(Cl)CN1. The first-order valence-electron chi connectivity index (χ1n) is 10.6. The van der Waals surface area contributed by atoms with Crippen molar-refractivity contribution < 1.29 is 9.53 Å². The molecule has 0 saturated carbocycles. The predicted molar refractivity (Wildman–Crippen MR) is 118 cm³/mol. The number of alkyl halides is 1. The zero-order valence-electron chi connectivity index (χ0n) is 17.2. The summed E-state index contributed by atoms with van der Waals surface area (Å²) in [5.41, 5.74) is 7.36. The van der Waals surface area contributed by atoms with Gasteiger partial charge in [-0.15, -0.1) is 16.5 Å². The summed E-state index contributed by atoms with van der Waals surface area (Å²) in [7, 11) is 0. The predicted octanol–water partition coefficient (Wildman–Crippen LogP) is -0.665. The Balaban J connectivity index is 1.44. The zero-order chi connectivity index (χ0) is 21.8. The maximum Gasteiger partial charge on any atom is 0.234 e. The quantitative estimate of drug-likeness (QED) is 0.313. The number of pyridine rings is 1. The van der Waals surface area contributed by atoms with E-state index in [4.69, 9.17) is 22.1 Å². The van der Waals surface area contributed by atoms with Crippen molar-refractivity contribution in [2.75, 3.05) is 62.7 Å². The molecular formula is C19H29ClN8O3. The van der Waals surface area contributed by atoms with E-state index in [1.807, 2.05) is 6.07 Å². The van der Waals surface area contributed by atoms with E-state index in [1.54, 1.807) is 12.4 Å². The van der Waals surface area contributed by atoms with Crippen LogP contribution in [0, 0.1) is 10.8 Å². The molecule has 1 amide bonds. The summed E-state index contributed by atoms with van der Waals surface area (Å²) in [6.07, 6.45) is 1.62. The molecule has 1 aromatic rings. The minimum atomic E-state index is -1.20. The molecule has 170 valence electrons. The molecule has 31 heavy (non-hydrogen) atoms. The summed E-state index contributed by atoms with van der Waals surface area (Å²) in [5.74, 6) is -1.30. The highest BCUT2D eigenvalue weighted by molar-refractivity contribution is 6.21. The van der Waals surface area contributed by atoms with E-state index in [9.17, 15) is 9.70 Å². The Morgan fingerprint density at radius 2 is 2.00 bits per heavy atom. The standard InChI is InChI=1S/C19H29ClN8O3/c20-12-7-23-18(24-8-12)16(17(21)26-30)19(29)25-14-9-22-2-1-15(14)28-5-3-27(4-6-28)13-10-31-11-13/h1-2,9,12-13,16-18,23-24H,3-8,10-11,21H2,(H,25,29). The number of nitroso groups, excluding NO2 is 1. The minimum absolute atomic E-state index is 0.101. The molecule has 2 atom stereocenters. The number of carbonyl (C=O) groups excluding carboxylic acids is 1. The average Bonchev–Trinajstić information content (AvgIpc) is 2.75. The third kappa shape index (κ3) is 5.13. The number of hydrogen-bond donors (Lipinski definition) is 4. The van der Waals surface area contributed by atoms with Crippen molar-refractivity contribution >= 4 is 28.9 Å². The van der Waals surface area contributed by atoms with Gasteiger partial charge in [0.25, 0.3) is 0 Å². The van der Waals surface area contributed by atoms with Crippen LogP contribution in [0.4, 0.5) is 11.4 Å². The van der Waals surface area contributed by atoms with Gasteiger partial charge in [0, 0.05) is 45.5 Å². The van der Waals surface area contributed by atoms with Gasteiger partial charge in [-0.3, -0.25) is 25.3 Å². The van der Waals surface area contributed by atoms with Crippen molar-refractivity contribution in [3.05, 3.63) is 23.4 Å². The number of anilines is 2. The van der Waals surface area contributed by atoms with E-state index in [0.717, 1.165) is 45.1 Å². The summed E-state index contributed by atoms with van der Waals surface area (Å²) in [5, 5.41) is 12.0. The van der Waals surface area contributed by atoms with Crippen molar-refractivity contribution in [2.24, 2.45) is 16.8 Å². The van der Waals surface area contributed by atoms with Gasteiger partial charge in [-0.2, -0.15) is 0 Å². The monoisotopic (exact) mass is 452 g/mol. The number of piperazine rings is 1. The van der Waals surface area contributed by atoms with Crippen LogP contribution in [0.2, 0.25) is 0 Å². The smallest absolute Gasteiger partial charge is 0.234 e. The van der Waals surface area contributed by atoms with Crippen LogP contribution >= 0.6 is 11.6 Å². The molecule has 0 aromatic carbocycles. The lowest BCUT2D eigenvalue weighted by atomic mass is 9.99. The lowest BCUT2D eigenvalue weighted by Crippen LogP contribution is -2.62. The lowest BCUT2D eigenvalue weighted by Gasteiger charge is -2.43. The molecule has 0 aliphatic carbocycles. The lowest BCUT2D eigenvalue weighted by molar-refractivity contribution is -0.121. The Labute approximate surface area is 186 Å². The second-order valence-corrected chi connectivity index (χ2v) is 8.73. The average molecular weight is 453 g/mol. The zero-order valence-corrected chi connectivity index (χ0v) is 18.0. The Bertz CT molecular complexity index is 766. The molecule has 0 radical (unpaired) electrons. The van der Waals surface area contributed by atoms with Crippen molar-refractivity contribution in [1.82, 2.24) is 20.5 Å². The van der Waals surface area contributed by atoms with Crippen molar-refractivity contribution in [1.29, 1.82) is 0 Å². The summed E-state index contributed by atoms with van der Waals surface area (Å²) in [6, 6.07) is 2.40. The first kappa shape index (κ1) is 22.3. The van der Waals surface area contributed by atoms with E-state index in [0.29, 0.717) is 24.8 Å². The van der Waals surface area contributed by atoms with E-state index >= 15 is 0 Å². The third-order valence-corrected chi connectivity index (χ3v) is 6.43. The van der Waals surface area contributed by atoms with Gasteiger partial charge in [0.15, 0.2) is 6.17 Å². The Morgan fingerprint density at radius 3 is 2.61 bits per heavy atom. The number of halogens is 1. The highest BCUT2D eigenvalue weighted by Crippen LogP contribution is 2.27. The summed E-state index contributed by atoms with van der Waals surface area (Å²) < 4.78 is 5.30. The van der Waals surface area contributed by atoms with E-state index in [-0.39, 0.29) is 5.38 Å². The number of amides is 1. The van der Waals surface area contributed by atoms with Gasteiger partial charge in [-0.25, -0.2) is 0 Å². The largest absolute Gasteiger partial charge is 0.378 e. The highest BCUT2D eigenvalue weighted by atomic mass is 35.5. The minimum Gasteiger partial charge on any atom is -0.378 e. The molecule has 0 bridgehead atoms. The molecule has 11 nitrogen and oxygen atoms in total. The van der Waals surface area contributed by atoms with Gasteiger partial charge < -0.3 is 20.7 Å². The molecule has 5 N–H and O–H groups in total. The maximum absolute atomic E-state index is 13.1. The van der Waals surface area contributed by atoms with Crippen LogP contribution in [0.25, 0.3) is 0 Å². The van der Waals surface area contributed by atoms with Crippen LogP contribution in [0.15, 0.2) is 23.6 Å². The molecule has 3 saturated heterocycles. The van der Waals surface area contributed by atoms with Crippen LogP contribution < -0.4 is 26.6 Å². The summed E-state index contributed by atoms with van der Waals surface area (Å²) in [4.78, 5) is 33.2. The second-order valence-electron chi connectivity index (χ2n) is 8.11. The van der Waals surface area contributed by atoms with Crippen LogP contribution in [0.3, 0.4) is 0 Å². The fourth-order valence-electron chi connectivity index (χ4n) is 4.21. The first-order valence-corrected chi connectivity index (χ1v) is 11.0. The van der Waals surface area contributed by atoms with Gasteiger partial charge in [-0.1, -0.05) is 5.18 Å². The molecule has 4 rings (SSSR count). The van der Waals surface area contributed by atoms with Crippen LogP contribution in [-0.2, 0) is 9.53 Å². The van der Waals surface area contributed by atoms with Crippen LogP contribution in [0.1, 0.15) is 0 Å². The van der Waals surface area contributed by atoms with Gasteiger partial charge >= 0.3 is 0 Å². The van der Waals surface area contributed by atoms with Crippen LogP contribution in [-0.4, -0.2) is 92.0 Å². The first-order chi connectivity index (χ1) is 15.1. The number of ether oxygens (including phenoxy) is 1. The van der Waals surface area contributed by atoms with Crippen molar-refractivity contribution in [3.8, 4) is 0 Å². The Hall–Kier alpha value is -1.89. The Kier molecular flexibility index (Phi) is 7.31. The number of hydrogen-bond acceptors (Lipinski definition) is 10. The number of nitrogens with zero attached hydrogens (tertiary/aromatic N) is 4. The third-order valence-electron chi connectivity index (χ3n) is 6.12. The van der Waals surface area contributed by atoms with Gasteiger partial charge in [0.2, 0.25) is 5.91 Å².